The highest BCUT2D eigenvalue weighted by molar-refractivity contribution is 7.12. The Labute approximate surface area is 174 Å². The fourth-order valence-electron chi connectivity index (χ4n) is 2.18. The third-order valence-corrected chi connectivity index (χ3v) is 5.89. The van der Waals surface area contributed by atoms with Gasteiger partial charge in [-0.25, -0.2) is 0 Å². The zero-order chi connectivity index (χ0) is 18.7. The molecule has 2 aromatic carbocycles. The van der Waals surface area contributed by atoms with Gasteiger partial charge < -0.3 is 10.1 Å². The summed E-state index contributed by atoms with van der Waals surface area (Å²) in [5.74, 6) is 0.0889. The monoisotopic (exact) mass is 445 g/mol. The van der Waals surface area contributed by atoms with Gasteiger partial charge in [-0.3, -0.25) is 4.79 Å². The van der Waals surface area contributed by atoms with Crippen molar-refractivity contribution >= 4 is 69.3 Å². The number of benzene rings is 2. The molecule has 0 atom stereocenters. The Morgan fingerprint density at radius 3 is 2.35 bits per heavy atom. The molecule has 0 spiro atoms. The van der Waals surface area contributed by atoms with Crippen molar-refractivity contribution in [2.75, 3.05) is 5.32 Å². The van der Waals surface area contributed by atoms with E-state index in [9.17, 15) is 4.79 Å². The third kappa shape index (κ3) is 4.27. The lowest BCUT2D eigenvalue weighted by atomic mass is 10.2. The molecular weight excluding hydrogens is 436 g/mol. The maximum atomic E-state index is 12.6. The second kappa shape index (κ2) is 8.51. The first-order valence-corrected chi connectivity index (χ1v) is 9.75. The van der Waals surface area contributed by atoms with E-state index in [4.69, 9.17) is 51.1 Å². The Morgan fingerprint density at radius 2 is 1.62 bits per heavy atom. The summed E-state index contributed by atoms with van der Waals surface area (Å²) in [5, 5.41) is 6.15. The van der Waals surface area contributed by atoms with Crippen molar-refractivity contribution in [3.8, 4) is 5.75 Å². The second-order valence-electron chi connectivity index (χ2n) is 5.16. The number of hydrogen-bond donors (Lipinski definition) is 1. The summed E-state index contributed by atoms with van der Waals surface area (Å²) < 4.78 is 5.76. The average Bonchev–Trinajstić information content (AvgIpc) is 3.07. The Hall–Kier alpha value is -1.43. The molecular formula is C18H11Cl4NO2S. The van der Waals surface area contributed by atoms with Crippen molar-refractivity contribution in [2.24, 2.45) is 0 Å². The molecule has 0 unspecified atom stereocenters. The summed E-state index contributed by atoms with van der Waals surface area (Å²) in [5.41, 5.74) is 1.09. The largest absolute Gasteiger partial charge is 0.487 e. The van der Waals surface area contributed by atoms with Crippen LogP contribution in [0.25, 0.3) is 0 Å². The molecule has 0 fully saturated rings. The van der Waals surface area contributed by atoms with E-state index in [0.717, 1.165) is 0 Å². The van der Waals surface area contributed by atoms with Gasteiger partial charge >= 0.3 is 0 Å². The molecule has 0 radical (unpaired) electrons. The van der Waals surface area contributed by atoms with Crippen LogP contribution in [-0.2, 0) is 6.61 Å². The Kier molecular flexibility index (Phi) is 6.33. The highest BCUT2D eigenvalue weighted by atomic mass is 35.5. The number of anilines is 1. The van der Waals surface area contributed by atoms with Crippen LogP contribution in [0.5, 0.6) is 5.75 Å². The molecule has 134 valence electrons. The average molecular weight is 447 g/mol. The smallest absolute Gasteiger partial charge is 0.269 e. The quantitative estimate of drug-likeness (QED) is 0.450. The molecule has 26 heavy (non-hydrogen) atoms. The summed E-state index contributed by atoms with van der Waals surface area (Å²) in [7, 11) is 0. The van der Waals surface area contributed by atoms with Crippen LogP contribution in [0.3, 0.4) is 0 Å². The molecule has 0 aliphatic carbocycles. The maximum absolute atomic E-state index is 12.6. The van der Waals surface area contributed by atoms with Crippen molar-refractivity contribution < 1.29 is 9.53 Å². The highest BCUT2D eigenvalue weighted by Crippen LogP contribution is 2.33. The van der Waals surface area contributed by atoms with Gasteiger partial charge in [0.05, 0.1) is 15.7 Å². The molecule has 8 heteroatoms. The molecule has 1 N–H and O–H groups in total. The van der Waals surface area contributed by atoms with Gasteiger partial charge in [0.15, 0.2) is 0 Å². The number of carbonyl (C=O) groups excluding carboxylic acids is 1. The van der Waals surface area contributed by atoms with E-state index in [1.54, 1.807) is 47.8 Å². The van der Waals surface area contributed by atoms with Crippen molar-refractivity contribution in [3.05, 3.63) is 78.4 Å². The summed E-state index contributed by atoms with van der Waals surface area (Å²) >= 11 is 25.6. The number of rotatable bonds is 5. The summed E-state index contributed by atoms with van der Waals surface area (Å²) in [4.78, 5) is 13.0. The molecule has 1 amide bonds. The molecule has 0 bridgehead atoms. The van der Waals surface area contributed by atoms with Crippen LogP contribution >= 0.6 is 57.7 Å². The Balaban J connectivity index is 1.76. The first-order valence-electron chi connectivity index (χ1n) is 7.36. The fourth-order valence-corrected chi connectivity index (χ4v) is 3.76. The predicted molar refractivity (Wildman–Crippen MR) is 110 cm³/mol. The molecule has 0 saturated carbocycles. The summed E-state index contributed by atoms with van der Waals surface area (Å²) in [6, 6.07) is 11.9. The van der Waals surface area contributed by atoms with Crippen LogP contribution in [0.2, 0.25) is 20.1 Å². The molecule has 1 aromatic heterocycles. The van der Waals surface area contributed by atoms with Gasteiger partial charge in [-0.15, -0.1) is 11.3 Å². The van der Waals surface area contributed by atoms with Gasteiger partial charge in [-0.2, -0.15) is 0 Å². The minimum absolute atomic E-state index is 0.146. The van der Waals surface area contributed by atoms with Gasteiger partial charge in [0.1, 0.15) is 17.2 Å². The van der Waals surface area contributed by atoms with E-state index >= 15 is 0 Å². The zero-order valence-electron chi connectivity index (χ0n) is 13.1. The van der Waals surface area contributed by atoms with Gasteiger partial charge in [-0.05, 0) is 35.7 Å². The highest BCUT2D eigenvalue weighted by Gasteiger charge is 2.17. The van der Waals surface area contributed by atoms with E-state index in [0.29, 0.717) is 36.9 Å². The van der Waals surface area contributed by atoms with Gasteiger partial charge in [0.25, 0.3) is 5.91 Å². The first-order chi connectivity index (χ1) is 12.5. The van der Waals surface area contributed by atoms with Crippen LogP contribution in [0.4, 0.5) is 5.69 Å². The molecule has 0 aliphatic rings. The Bertz CT molecular complexity index is 938. The van der Waals surface area contributed by atoms with E-state index in [2.05, 4.69) is 5.32 Å². The van der Waals surface area contributed by atoms with Crippen molar-refractivity contribution in [1.82, 2.24) is 0 Å². The molecule has 0 saturated heterocycles. The van der Waals surface area contributed by atoms with E-state index < -0.39 is 0 Å². The maximum Gasteiger partial charge on any atom is 0.269 e. The van der Waals surface area contributed by atoms with Crippen molar-refractivity contribution in [2.45, 2.75) is 6.61 Å². The second-order valence-corrected chi connectivity index (χ2v) is 7.67. The number of thiophene rings is 1. The SMILES string of the molecule is O=C(Nc1cccc(Cl)c1Cl)c1sccc1OCc1c(Cl)cccc1Cl. The summed E-state index contributed by atoms with van der Waals surface area (Å²) in [6.07, 6.45) is 0. The zero-order valence-corrected chi connectivity index (χ0v) is 16.9. The van der Waals surface area contributed by atoms with Crippen LogP contribution in [-0.4, -0.2) is 5.91 Å². The lowest BCUT2D eigenvalue weighted by Crippen LogP contribution is -2.12. The first kappa shape index (κ1) is 19.3. The van der Waals surface area contributed by atoms with Crippen molar-refractivity contribution in [3.63, 3.8) is 0 Å². The standard InChI is InChI=1S/C18H11Cl4NO2S/c19-11-3-1-4-12(20)10(11)9-25-15-7-8-26-17(15)18(24)23-14-6-2-5-13(21)16(14)22/h1-8H,9H2,(H,23,24). The lowest BCUT2D eigenvalue weighted by Gasteiger charge is -2.11. The normalized spacial score (nSPS) is 10.6. The number of halogens is 4. The topological polar surface area (TPSA) is 38.3 Å². The minimum atomic E-state index is -0.343. The van der Waals surface area contributed by atoms with Gasteiger partial charge in [0, 0.05) is 15.6 Å². The number of nitrogens with one attached hydrogen (secondary N) is 1. The predicted octanol–water partition coefficient (Wildman–Crippen LogP) is 7.19. The van der Waals surface area contributed by atoms with Crippen LogP contribution < -0.4 is 10.1 Å². The molecule has 1 heterocycles. The summed E-state index contributed by atoms with van der Waals surface area (Å²) in [6.45, 7) is 0.146. The van der Waals surface area contributed by atoms with Gasteiger partial charge in [0.2, 0.25) is 0 Å². The van der Waals surface area contributed by atoms with Crippen molar-refractivity contribution in [1.29, 1.82) is 0 Å². The fraction of sp³-hybridized carbons (Fsp3) is 0.0556. The lowest BCUT2D eigenvalue weighted by molar-refractivity contribution is 0.102. The number of carbonyl (C=O) groups is 1. The molecule has 0 aliphatic heterocycles. The van der Waals surface area contributed by atoms with Gasteiger partial charge in [-0.1, -0.05) is 58.5 Å². The third-order valence-electron chi connectivity index (χ3n) is 3.47. The van der Waals surface area contributed by atoms with Crippen LogP contribution in [0.15, 0.2) is 47.8 Å². The number of amides is 1. The minimum Gasteiger partial charge on any atom is -0.487 e. The van der Waals surface area contributed by atoms with Crippen LogP contribution in [0.1, 0.15) is 15.2 Å². The molecule has 3 nitrogen and oxygen atoms in total. The van der Waals surface area contributed by atoms with E-state index in [1.807, 2.05) is 0 Å². The Morgan fingerprint density at radius 1 is 0.962 bits per heavy atom. The van der Waals surface area contributed by atoms with E-state index in [1.165, 1.54) is 11.3 Å². The molecule has 3 rings (SSSR count). The van der Waals surface area contributed by atoms with E-state index in [-0.39, 0.29) is 17.5 Å². The molecule has 3 aromatic rings. The number of ether oxygens (including phenoxy) is 1. The van der Waals surface area contributed by atoms with Crippen LogP contribution in [0, 0.1) is 0 Å². The number of hydrogen-bond acceptors (Lipinski definition) is 3.